The van der Waals surface area contributed by atoms with E-state index in [-0.39, 0.29) is 31.3 Å². The maximum atomic E-state index is 11.8. The van der Waals surface area contributed by atoms with E-state index in [0.717, 1.165) is 5.56 Å². The molecule has 5 heteroatoms. The Hall–Kier alpha value is -1.88. The zero-order chi connectivity index (χ0) is 14.3. The van der Waals surface area contributed by atoms with Gasteiger partial charge in [-0.2, -0.15) is 0 Å². The van der Waals surface area contributed by atoms with E-state index in [1.54, 1.807) is 6.92 Å². The number of aliphatic hydroxyl groups is 1. The third-order valence-electron chi connectivity index (χ3n) is 2.78. The average molecular weight is 265 g/mol. The van der Waals surface area contributed by atoms with E-state index in [2.05, 4.69) is 5.32 Å². The molecule has 3 N–H and O–H groups in total. The van der Waals surface area contributed by atoms with Crippen LogP contribution < -0.4 is 5.32 Å². The van der Waals surface area contributed by atoms with Gasteiger partial charge in [-0.3, -0.25) is 9.59 Å². The molecule has 1 amide bonds. The molecule has 0 aliphatic carbocycles. The molecule has 2 atom stereocenters. The summed E-state index contributed by atoms with van der Waals surface area (Å²) in [5.74, 6) is -1.40. The fourth-order valence-corrected chi connectivity index (χ4v) is 1.86. The van der Waals surface area contributed by atoms with E-state index in [4.69, 9.17) is 5.11 Å². The number of hydrogen-bond acceptors (Lipinski definition) is 3. The SMILES string of the molecule is CC(CC(=O)O)CC(=O)NC(CO)c1ccccc1. The zero-order valence-electron chi connectivity index (χ0n) is 10.9. The van der Waals surface area contributed by atoms with Crippen molar-refractivity contribution in [3.8, 4) is 0 Å². The Morgan fingerprint density at radius 1 is 1.21 bits per heavy atom. The molecule has 0 saturated heterocycles. The molecule has 5 nitrogen and oxygen atoms in total. The number of amides is 1. The van der Waals surface area contributed by atoms with Crippen molar-refractivity contribution in [1.82, 2.24) is 5.32 Å². The van der Waals surface area contributed by atoms with Gasteiger partial charge in [0.1, 0.15) is 0 Å². The van der Waals surface area contributed by atoms with Gasteiger partial charge < -0.3 is 15.5 Å². The van der Waals surface area contributed by atoms with Gasteiger partial charge >= 0.3 is 5.97 Å². The second kappa shape index (κ2) is 7.53. The van der Waals surface area contributed by atoms with Crippen LogP contribution in [0.5, 0.6) is 0 Å². The third-order valence-corrected chi connectivity index (χ3v) is 2.78. The second-order valence-electron chi connectivity index (χ2n) is 4.62. The summed E-state index contributed by atoms with van der Waals surface area (Å²) in [6.45, 7) is 1.52. The van der Waals surface area contributed by atoms with Crippen LogP contribution in [0.15, 0.2) is 30.3 Å². The minimum Gasteiger partial charge on any atom is -0.481 e. The van der Waals surface area contributed by atoms with Crippen LogP contribution >= 0.6 is 0 Å². The Labute approximate surface area is 112 Å². The Balaban J connectivity index is 2.52. The molecule has 0 spiro atoms. The van der Waals surface area contributed by atoms with Crippen LogP contribution in [0.1, 0.15) is 31.4 Å². The van der Waals surface area contributed by atoms with Crippen molar-refractivity contribution in [1.29, 1.82) is 0 Å². The number of carbonyl (C=O) groups is 2. The van der Waals surface area contributed by atoms with Crippen molar-refractivity contribution >= 4 is 11.9 Å². The lowest BCUT2D eigenvalue weighted by atomic mass is 10.0. The summed E-state index contributed by atoms with van der Waals surface area (Å²) in [7, 11) is 0. The van der Waals surface area contributed by atoms with Crippen LogP contribution in [0, 0.1) is 5.92 Å². The number of carboxylic acids is 1. The van der Waals surface area contributed by atoms with Gasteiger partial charge in [-0.25, -0.2) is 0 Å². The molecule has 1 aromatic carbocycles. The lowest BCUT2D eigenvalue weighted by Gasteiger charge is -2.18. The summed E-state index contributed by atoms with van der Waals surface area (Å²) in [6.07, 6.45) is 0.0954. The van der Waals surface area contributed by atoms with Crippen molar-refractivity contribution in [3.63, 3.8) is 0 Å². The van der Waals surface area contributed by atoms with Crippen LogP contribution in [0.3, 0.4) is 0 Å². The highest BCUT2D eigenvalue weighted by molar-refractivity contribution is 5.77. The number of aliphatic carboxylic acids is 1. The van der Waals surface area contributed by atoms with Crippen LogP contribution in [-0.2, 0) is 9.59 Å². The molecule has 0 heterocycles. The number of aliphatic hydroxyl groups excluding tert-OH is 1. The predicted molar refractivity (Wildman–Crippen MR) is 70.4 cm³/mol. The van der Waals surface area contributed by atoms with Crippen molar-refractivity contribution in [2.24, 2.45) is 5.92 Å². The molecule has 104 valence electrons. The van der Waals surface area contributed by atoms with E-state index in [9.17, 15) is 14.7 Å². The van der Waals surface area contributed by atoms with Crippen molar-refractivity contribution in [2.45, 2.75) is 25.8 Å². The fourth-order valence-electron chi connectivity index (χ4n) is 1.86. The normalized spacial score (nSPS) is 13.6. The van der Waals surface area contributed by atoms with E-state index < -0.39 is 12.0 Å². The first kappa shape index (κ1) is 15.2. The summed E-state index contributed by atoms with van der Waals surface area (Å²) in [5, 5.41) is 20.6. The van der Waals surface area contributed by atoms with Gasteiger partial charge in [-0.15, -0.1) is 0 Å². The highest BCUT2D eigenvalue weighted by Gasteiger charge is 2.16. The van der Waals surface area contributed by atoms with Gasteiger partial charge in [0.05, 0.1) is 12.6 Å². The first-order valence-corrected chi connectivity index (χ1v) is 6.20. The number of hydrogen-bond donors (Lipinski definition) is 3. The molecule has 0 aliphatic rings. The summed E-state index contributed by atoms with van der Waals surface area (Å²) >= 11 is 0. The monoisotopic (exact) mass is 265 g/mol. The van der Waals surface area contributed by atoms with Crippen LogP contribution in [0.25, 0.3) is 0 Å². The van der Waals surface area contributed by atoms with E-state index in [1.807, 2.05) is 30.3 Å². The van der Waals surface area contributed by atoms with E-state index >= 15 is 0 Å². The maximum Gasteiger partial charge on any atom is 0.303 e. The van der Waals surface area contributed by atoms with Crippen LogP contribution in [-0.4, -0.2) is 28.7 Å². The van der Waals surface area contributed by atoms with Crippen LogP contribution in [0.2, 0.25) is 0 Å². The van der Waals surface area contributed by atoms with E-state index in [1.165, 1.54) is 0 Å². The Morgan fingerprint density at radius 2 is 1.84 bits per heavy atom. The highest BCUT2D eigenvalue weighted by atomic mass is 16.4. The molecule has 0 saturated carbocycles. The van der Waals surface area contributed by atoms with Gasteiger partial charge in [0, 0.05) is 12.8 Å². The largest absolute Gasteiger partial charge is 0.481 e. The lowest BCUT2D eigenvalue weighted by molar-refractivity contribution is -0.138. The molecule has 0 fully saturated rings. The van der Waals surface area contributed by atoms with Gasteiger partial charge in [0.2, 0.25) is 5.91 Å². The molecule has 1 aromatic rings. The third kappa shape index (κ3) is 5.52. The maximum absolute atomic E-state index is 11.8. The van der Waals surface area contributed by atoms with Gasteiger partial charge in [0.15, 0.2) is 0 Å². The summed E-state index contributed by atoms with van der Waals surface area (Å²) < 4.78 is 0. The fraction of sp³-hybridized carbons (Fsp3) is 0.429. The smallest absolute Gasteiger partial charge is 0.303 e. The summed E-state index contributed by atoms with van der Waals surface area (Å²) in [6, 6.07) is 8.71. The summed E-state index contributed by atoms with van der Waals surface area (Å²) in [4.78, 5) is 22.3. The number of carboxylic acid groups (broad SMARTS) is 1. The topological polar surface area (TPSA) is 86.6 Å². The van der Waals surface area contributed by atoms with Gasteiger partial charge in [-0.1, -0.05) is 37.3 Å². The van der Waals surface area contributed by atoms with Gasteiger partial charge in [0.25, 0.3) is 0 Å². The molecule has 2 unspecified atom stereocenters. The molecular formula is C14H19NO4. The minimum absolute atomic E-state index is 0.0391. The lowest BCUT2D eigenvalue weighted by Crippen LogP contribution is -2.32. The van der Waals surface area contributed by atoms with Crippen molar-refractivity contribution in [2.75, 3.05) is 6.61 Å². The van der Waals surface area contributed by atoms with Crippen molar-refractivity contribution < 1.29 is 19.8 Å². The number of benzene rings is 1. The first-order chi connectivity index (χ1) is 9.02. The molecule has 0 bridgehead atoms. The zero-order valence-corrected chi connectivity index (χ0v) is 10.9. The van der Waals surface area contributed by atoms with Crippen LogP contribution in [0.4, 0.5) is 0 Å². The Kier molecular flexibility index (Phi) is 6.02. The predicted octanol–water partition coefficient (Wildman–Crippen LogP) is 1.34. The quantitative estimate of drug-likeness (QED) is 0.694. The number of carbonyl (C=O) groups excluding carboxylic acids is 1. The minimum atomic E-state index is -0.915. The highest BCUT2D eigenvalue weighted by Crippen LogP contribution is 2.13. The van der Waals surface area contributed by atoms with Crippen molar-refractivity contribution in [3.05, 3.63) is 35.9 Å². The van der Waals surface area contributed by atoms with E-state index in [0.29, 0.717) is 0 Å². The Bertz CT molecular complexity index is 419. The standard InChI is InChI=1S/C14H19NO4/c1-10(8-14(18)19)7-13(17)15-12(9-16)11-5-3-2-4-6-11/h2-6,10,12,16H,7-9H2,1H3,(H,15,17)(H,18,19). The molecule has 0 aromatic heterocycles. The molecular weight excluding hydrogens is 246 g/mol. The molecule has 19 heavy (non-hydrogen) atoms. The number of nitrogens with one attached hydrogen (secondary N) is 1. The molecule has 0 aliphatic heterocycles. The van der Waals surface area contributed by atoms with Gasteiger partial charge in [-0.05, 0) is 11.5 Å². The summed E-state index contributed by atoms with van der Waals surface area (Å²) in [5.41, 5.74) is 0.823. The first-order valence-electron chi connectivity index (χ1n) is 6.20. The Morgan fingerprint density at radius 3 is 2.37 bits per heavy atom. The number of rotatable bonds is 7. The average Bonchev–Trinajstić information content (AvgIpc) is 2.35. The molecule has 1 rings (SSSR count). The molecule has 0 radical (unpaired) electrons. The second-order valence-corrected chi connectivity index (χ2v) is 4.62.